The van der Waals surface area contributed by atoms with Gasteiger partial charge in [0.1, 0.15) is 0 Å². The van der Waals surface area contributed by atoms with Gasteiger partial charge < -0.3 is 5.32 Å². The molecule has 6 nitrogen and oxygen atoms in total. The van der Waals surface area contributed by atoms with Crippen LogP contribution in [0.25, 0.3) is 0 Å². The molecule has 0 aliphatic rings. The van der Waals surface area contributed by atoms with Crippen LogP contribution in [0.1, 0.15) is 47.8 Å². The van der Waals surface area contributed by atoms with Crippen LogP contribution < -0.4 is 15.4 Å². The van der Waals surface area contributed by atoms with Gasteiger partial charge in [-0.15, -0.1) is 0 Å². The Balaban J connectivity index is 1.64. The van der Waals surface area contributed by atoms with E-state index < -0.39 is 10.0 Å². The standard InChI is InChI=1S/C26H28BrN3O3S2/c1-16-12-17(2)14-20(13-16)30-35(32,33)21-9-7-19(8-10-21)28-25(34)29-24(31)18-6-11-22(23(27)15-18)26(3,4)5/h6-15,30H,1-5H3,(H2,28,29,31,34). The molecule has 184 valence electrons. The van der Waals surface area contributed by atoms with E-state index in [4.69, 9.17) is 12.2 Å². The van der Waals surface area contributed by atoms with Crippen molar-refractivity contribution >= 4 is 60.6 Å². The number of carbonyl (C=O) groups is 1. The Bertz CT molecular complexity index is 1360. The van der Waals surface area contributed by atoms with Crippen LogP contribution in [-0.2, 0) is 15.4 Å². The summed E-state index contributed by atoms with van der Waals surface area (Å²) in [5.74, 6) is -0.347. The number of halogens is 1. The molecule has 0 spiro atoms. The first kappa shape index (κ1) is 26.8. The number of anilines is 2. The third kappa shape index (κ3) is 7.13. The number of rotatable bonds is 5. The number of hydrogen-bond donors (Lipinski definition) is 3. The molecule has 3 aromatic carbocycles. The lowest BCUT2D eigenvalue weighted by molar-refractivity contribution is 0.0977. The highest BCUT2D eigenvalue weighted by Crippen LogP contribution is 2.30. The molecule has 35 heavy (non-hydrogen) atoms. The van der Waals surface area contributed by atoms with Gasteiger partial charge in [0.2, 0.25) is 0 Å². The monoisotopic (exact) mass is 573 g/mol. The number of hydrogen-bond acceptors (Lipinski definition) is 4. The number of nitrogens with one attached hydrogen (secondary N) is 3. The van der Waals surface area contributed by atoms with Gasteiger partial charge in [0, 0.05) is 21.4 Å². The van der Waals surface area contributed by atoms with Gasteiger partial charge >= 0.3 is 0 Å². The molecule has 0 heterocycles. The highest BCUT2D eigenvalue weighted by molar-refractivity contribution is 9.10. The van der Waals surface area contributed by atoms with Crippen LogP contribution in [-0.4, -0.2) is 19.4 Å². The molecule has 0 aliphatic heterocycles. The van der Waals surface area contributed by atoms with E-state index in [1.54, 1.807) is 36.4 Å². The topological polar surface area (TPSA) is 87.3 Å². The van der Waals surface area contributed by atoms with Crippen LogP contribution in [0.15, 0.2) is 70.0 Å². The predicted molar refractivity (Wildman–Crippen MR) is 150 cm³/mol. The number of thiocarbonyl (C=S) groups is 1. The number of sulfonamides is 1. The molecule has 0 aromatic heterocycles. The molecule has 0 saturated heterocycles. The molecular formula is C26H28BrN3O3S2. The first-order valence-electron chi connectivity index (χ1n) is 10.9. The Morgan fingerprint density at radius 1 is 0.886 bits per heavy atom. The summed E-state index contributed by atoms with van der Waals surface area (Å²) in [6, 6.07) is 17.1. The molecule has 0 atom stereocenters. The van der Waals surface area contributed by atoms with Gasteiger partial charge in [0.25, 0.3) is 15.9 Å². The van der Waals surface area contributed by atoms with E-state index in [9.17, 15) is 13.2 Å². The second-order valence-electron chi connectivity index (χ2n) is 9.36. The van der Waals surface area contributed by atoms with Crippen LogP contribution in [0.4, 0.5) is 11.4 Å². The number of amides is 1. The third-order valence-corrected chi connectivity index (χ3v) is 7.42. The van der Waals surface area contributed by atoms with Crippen molar-refractivity contribution in [2.75, 3.05) is 10.0 Å². The minimum absolute atomic E-state index is 0.0567. The second-order valence-corrected chi connectivity index (χ2v) is 12.3. The van der Waals surface area contributed by atoms with Crippen LogP contribution in [0.2, 0.25) is 0 Å². The average molecular weight is 575 g/mol. The van der Waals surface area contributed by atoms with Crippen molar-refractivity contribution in [1.29, 1.82) is 0 Å². The fourth-order valence-electron chi connectivity index (χ4n) is 3.57. The fourth-order valence-corrected chi connectivity index (χ4v) is 5.79. The van der Waals surface area contributed by atoms with Crippen LogP contribution in [0, 0.1) is 13.8 Å². The van der Waals surface area contributed by atoms with Crippen molar-refractivity contribution in [1.82, 2.24) is 5.32 Å². The first-order chi connectivity index (χ1) is 16.2. The summed E-state index contributed by atoms with van der Waals surface area (Å²) in [4.78, 5) is 12.7. The molecule has 0 saturated carbocycles. The summed E-state index contributed by atoms with van der Waals surface area (Å²) in [6.45, 7) is 10.1. The van der Waals surface area contributed by atoms with Crippen LogP contribution in [0.3, 0.4) is 0 Å². The van der Waals surface area contributed by atoms with Crippen molar-refractivity contribution in [2.24, 2.45) is 0 Å². The van der Waals surface area contributed by atoms with E-state index in [-0.39, 0.29) is 21.3 Å². The maximum absolute atomic E-state index is 12.8. The van der Waals surface area contributed by atoms with Gasteiger partial charge in [-0.1, -0.05) is 48.8 Å². The van der Waals surface area contributed by atoms with Crippen molar-refractivity contribution in [3.05, 3.63) is 87.4 Å². The Kier molecular flexibility index (Phi) is 8.03. The SMILES string of the molecule is Cc1cc(C)cc(NS(=O)(=O)c2ccc(NC(=S)NC(=O)c3ccc(C(C)(C)C)c(Br)c3)cc2)c1. The van der Waals surface area contributed by atoms with Crippen molar-refractivity contribution in [3.8, 4) is 0 Å². The zero-order valence-electron chi connectivity index (χ0n) is 20.2. The van der Waals surface area contributed by atoms with Gasteiger partial charge in [0.15, 0.2) is 5.11 Å². The van der Waals surface area contributed by atoms with E-state index in [2.05, 4.69) is 52.1 Å². The van der Waals surface area contributed by atoms with Gasteiger partial charge in [-0.25, -0.2) is 8.42 Å². The molecule has 0 radical (unpaired) electrons. The summed E-state index contributed by atoms with van der Waals surface area (Å²) >= 11 is 8.80. The molecule has 0 aliphatic carbocycles. The highest BCUT2D eigenvalue weighted by Gasteiger charge is 2.19. The quantitative estimate of drug-likeness (QED) is 0.312. The largest absolute Gasteiger partial charge is 0.332 e. The normalized spacial score (nSPS) is 11.6. The van der Waals surface area contributed by atoms with Crippen molar-refractivity contribution in [2.45, 2.75) is 44.9 Å². The van der Waals surface area contributed by atoms with Gasteiger partial charge in [0.05, 0.1) is 4.90 Å². The molecule has 9 heteroatoms. The number of benzene rings is 3. The predicted octanol–water partition coefficient (Wildman–Crippen LogP) is 6.29. The Morgan fingerprint density at radius 3 is 2.03 bits per heavy atom. The molecule has 0 unspecified atom stereocenters. The summed E-state index contributed by atoms with van der Waals surface area (Å²) < 4.78 is 29.0. The summed E-state index contributed by atoms with van der Waals surface area (Å²) in [5.41, 5.74) is 4.50. The molecular weight excluding hydrogens is 546 g/mol. The minimum Gasteiger partial charge on any atom is -0.332 e. The minimum atomic E-state index is -3.75. The van der Waals surface area contributed by atoms with Crippen LogP contribution >= 0.6 is 28.1 Å². The van der Waals surface area contributed by atoms with Gasteiger partial charge in [-0.05, 0) is 96.7 Å². The molecule has 3 rings (SSSR count). The Hall–Kier alpha value is -2.75. The lowest BCUT2D eigenvalue weighted by atomic mass is 9.86. The third-order valence-electron chi connectivity index (χ3n) is 5.16. The maximum Gasteiger partial charge on any atom is 0.261 e. The summed E-state index contributed by atoms with van der Waals surface area (Å²) in [5, 5.41) is 5.66. The van der Waals surface area contributed by atoms with E-state index in [0.29, 0.717) is 16.9 Å². The van der Waals surface area contributed by atoms with E-state index in [0.717, 1.165) is 21.2 Å². The lowest BCUT2D eigenvalue weighted by Crippen LogP contribution is -2.34. The van der Waals surface area contributed by atoms with Crippen molar-refractivity contribution < 1.29 is 13.2 Å². The first-order valence-corrected chi connectivity index (χ1v) is 13.6. The smallest absolute Gasteiger partial charge is 0.261 e. The van der Waals surface area contributed by atoms with E-state index in [1.165, 1.54) is 12.1 Å². The molecule has 0 bridgehead atoms. The number of aryl methyl sites for hydroxylation is 2. The van der Waals surface area contributed by atoms with Crippen molar-refractivity contribution in [3.63, 3.8) is 0 Å². The Morgan fingerprint density at radius 2 is 1.49 bits per heavy atom. The lowest BCUT2D eigenvalue weighted by Gasteiger charge is -2.21. The molecule has 1 amide bonds. The van der Waals surface area contributed by atoms with E-state index in [1.807, 2.05) is 26.0 Å². The highest BCUT2D eigenvalue weighted by atomic mass is 79.9. The maximum atomic E-state index is 12.8. The average Bonchev–Trinajstić information content (AvgIpc) is 2.72. The zero-order valence-corrected chi connectivity index (χ0v) is 23.4. The van der Waals surface area contributed by atoms with Gasteiger partial charge in [-0.2, -0.15) is 0 Å². The molecule has 3 N–H and O–H groups in total. The van der Waals surface area contributed by atoms with Crippen LogP contribution in [0.5, 0.6) is 0 Å². The summed E-state index contributed by atoms with van der Waals surface area (Å²) in [6.07, 6.45) is 0. The zero-order chi connectivity index (χ0) is 26.0. The van der Waals surface area contributed by atoms with Gasteiger partial charge in [-0.3, -0.25) is 14.8 Å². The van der Waals surface area contributed by atoms with E-state index >= 15 is 0 Å². The second kappa shape index (κ2) is 10.5. The fraction of sp³-hybridized carbons (Fsp3) is 0.231. The summed E-state index contributed by atoms with van der Waals surface area (Å²) in [7, 11) is -3.75. The molecule has 3 aromatic rings. The number of carbonyl (C=O) groups excluding carboxylic acids is 1. The Labute approximate surface area is 220 Å². The molecule has 0 fully saturated rings.